The van der Waals surface area contributed by atoms with Gasteiger partial charge in [0.25, 0.3) is 0 Å². The van der Waals surface area contributed by atoms with Gasteiger partial charge in [0.05, 0.1) is 12.7 Å². The average Bonchev–Trinajstić information content (AvgIpc) is 2.54. The molecular weight excluding hydrogens is 274 g/mol. The maximum Gasteiger partial charge on any atom is 0.147 e. The van der Waals surface area contributed by atoms with Gasteiger partial charge in [0.15, 0.2) is 0 Å². The van der Waals surface area contributed by atoms with Crippen LogP contribution < -0.4 is 0 Å². The lowest BCUT2D eigenvalue weighted by molar-refractivity contribution is -0.145. The van der Waals surface area contributed by atoms with Gasteiger partial charge in [-0.15, -0.1) is 0 Å². The second-order valence-electron chi connectivity index (χ2n) is 5.78. The van der Waals surface area contributed by atoms with Crippen LogP contribution in [0.4, 0.5) is 0 Å². The molecule has 3 nitrogen and oxygen atoms in total. The van der Waals surface area contributed by atoms with Crippen LogP contribution in [-0.4, -0.2) is 30.9 Å². The minimum absolute atomic E-state index is 0.293. The van der Waals surface area contributed by atoms with Gasteiger partial charge < -0.3 is 9.47 Å². The first kappa shape index (κ1) is 15.2. The van der Waals surface area contributed by atoms with Crippen LogP contribution in [-0.2, 0) is 16.1 Å². The summed E-state index contributed by atoms with van der Waals surface area (Å²) in [6, 6.07) is 21.2. The van der Waals surface area contributed by atoms with Gasteiger partial charge in [0, 0.05) is 19.1 Å². The lowest BCUT2D eigenvalue weighted by Gasteiger charge is -2.42. The Morgan fingerprint density at radius 2 is 1.64 bits per heavy atom. The van der Waals surface area contributed by atoms with Gasteiger partial charge in [-0.3, -0.25) is 4.90 Å². The molecule has 0 aromatic heterocycles. The maximum atomic E-state index is 5.75. The molecule has 0 saturated carbocycles. The molecule has 0 bridgehead atoms. The highest BCUT2D eigenvalue weighted by Crippen LogP contribution is 2.26. The Morgan fingerprint density at radius 1 is 1.00 bits per heavy atom. The number of nitrogens with zero attached hydrogens (tertiary/aromatic N) is 1. The summed E-state index contributed by atoms with van der Waals surface area (Å²) in [6.45, 7) is 5.18. The lowest BCUT2D eigenvalue weighted by atomic mass is 10.0. The third-order valence-corrected chi connectivity index (χ3v) is 4.20. The SMILES string of the molecule is CC(c1ccccc1)N1CC(OCOCc2ccccc2)C1. The number of hydrogen-bond acceptors (Lipinski definition) is 3. The van der Waals surface area contributed by atoms with Gasteiger partial charge in [0.2, 0.25) is 0 Å². The molecular formula is C19H23NO2. The molecule has 0 aliphatic carbocycles. The second kappa shape index (κ2) is 7.54. The van der Waals surface area contributed by atoms with Gasteiger partial charge >= 0.3 is 0 Å². The first-order valence-corrected chi connectivity index (χ1v) is 7.85. The standard InChI is InChI=1S/C19H23NO2/c1-16(18-10-6-3-7-11-18)20-12-19(13-20)22-15-21-14-17-8-4-2-5-9-17/h2-11,16,19H,12-15H2,1H3. The van der Waals surface area contributed by atoms with Crippen LogP contribution in [0.2, 0.25) is 0 Å². The van der Waals surface area contributed by atoms with E-state index in [4.69, 9.17) is 9.47 Å². The van der Waals surface area contributed by atoms with E-state index in [1.165, 1.54) is 11.1 Å². The van der Waals surface area contributed by atoms with Crippen LogP contribution in [0.1, 0.15) is 24.1 Å². The lowest BCUT2D eigenvalue weighted by Crippen LogP contribution is -2.53. The smallest absolute Gasteiger partial charge is 0.147 e. The summed E-state index contributed by atoms with van der Waals surface area (Å²) < 4.78 is 11.3. The van der Waals surface area contributed by atoms with E-state index in [2.05, 4.69) is 54.3 Å². The van der Waals surface area contributed by atoms with E-state index < -0.39 is 0 Å². The van der Waals surface area contributed by atoms with E-state index >= 15 is 0 Å². The summed E-state index contributed by atoms with van der Waals surface area (Å²) in [4.78, 5) is 2.43. The zero-order chi connectivity index (χ0) is 15.2. The van der Waals surface area contributed by atoms with Crippen molar-refractivity contribution in [2.75, 3.05) is 19.9 Å². The topological polar surface area (TPSA) is 21.7 Å². The molecule has 1 unspecified atom stereocenters. The molecule has 22 heavy (non-hydrogen) atoms. The third kappa shape index (κ3) is 3.95. The molecule has 0 N–H and O–H groups in total. The molecule has 1 aliphatic heterocycles. The molecule has 1 saturated heterocycles. The average molecular weight is 297 g/mol. The van der Waals surface area contributed by atoms with Crippen LogP contribution in [0.5, 0.6) is 0 Å². The highest BCUT2D eigenvalue weighted by Gasteiger charge is 2.31. The molecule has 0 spiro atoms. The minimum atomic E-state index is 0.293. The number of ether oxygens (including phenoxy) is 2. The Hall–Kier alpha value is -1.68. The second-order valence-corrected chi connectivity index (χ2v) is 5.78. The number of benzene rings is 2. The molecule has 0 radical (unpaired) electrons. The zero-order valence-corrected chi connectivity index (χ0v) is 13.0. The van der Waals surface area contributed by atoms with E-state index in [9.17, 15) is 0 Å². The van der Waals surface area contributed by atoms with Crippen LogP contribution >= 0.6 is 0 Å². The molecule has 1 fully saturated rings. The fraction of sp³-hybridized carbons (Fsp3) is 0.368. The van der Waals surface area contributed by atoms with Crippen LogP contribution in [0.15, 0.2) is 60.7 Å². The highest BCUT2D eigenvalue weighted by atomic mass is 16.7. The molecule has 0 amide bonds. The Balaban J connectivity index is 1.32. The van der Waals surface area contributed by atoms with E-state index in [0.717, 1.165) is 13.1 Å². The normalized spacial score (nSPS) is 17.1. The quantitative estimate of drug-likeness (QED) is 0.575. The molecule has 2 aromatic rings. The highest BCUT2D eigenvalue weighted by molar-refractivity contribution is 5.19. The van der Waals surface area contributed by atoms with Crippen molar-refractivity contribution in [3.05, 3.63) is 71.8 Å². The zero-order valence-electron chi connectivity index (χ0n) is 13.0. The van der Waals surface area contributed by atoms with E-state index in [1.54, 1.807) is 0 Å². The summed E-state index contributed by atoms with van der Waals surface area (Å²) in [5.74, 6) is 0. The molecule has 3 rings (SSSR count). The van der Waals surface area contributed by atoms with Gasteiger partial charge in [-0.25, -0.2) is 0 Å². The molecule has 3 heteroatoms. The summed E-state index contributed by atoms with van der Waals surface area (Å²) >= 11 is 0. The Labute approximate surface area is 132 Å². The predicted octanol–water partition coefficient (Wildman–Crippen LogP) is 3.62. The van der Waals surface area contributed by atoms with Crippen molar-refractivity contribution < 1.29 is 9.47 Å². The van der Waals surface area contributed by atoms with Crippen LogP contribution in [0.25, 0.3) is 0 Å². The molecule has 116 valence electrons. The summed E-state index contributed by atoms with van der Waals surface area (Å²) in [7, 11) is 0. The van der Waals surface area contributed by atoms with Gasteiger partial charge in [-0.05, 0) is 18.1 Å². The Kier molecular flexibility index (Phi) is 5.22. The maximum absolute atomic E-state index is 5.75. The van der Waals surface area contributed by atoms with Crippen molar-refractivity contribution in [3.63, 3.8) is 0 Å². The molecule has 1 aliphatic rings. The van der Waals surface area contributed by atoms with Crippen LogP contribution in [0.3, 0.4) is 0 Å². The van der Waals surface area contributed by atoms with Crippen molar-refractivity contribution in [3.8, 4) is 0 Å². The minimum Gasteiger partial charge on any atom is -0.351 e. The predicted molar refractivity (Wildman–Crippen MR) is 87.4 cm³/mol. The van der Waals surface area contributed by atoms with Gasteiger partial charge in [0.1, 0.15) is 6.79 Å². The van der Waals surface area contributed by atoms with E-state index in [0.29, 0.717) is 25.5 Å². The van der Waals surface area contributed by atoms with Crippen LogP contribution in [0, 0.1) is 0 Å². The largest absolute Gasteiger partial charge is 0.351 e. The van der Waals surface area contributed by atoms with Crippen molar-refractivity contribution in [1.82, 2.24) is 4.90 Å². The number of likely N-dealkylation sites (tertiary alicyclic amines) is 1. The summed E-state index contributed by atoms with van der Waals surface area (Å²) in [5, 5.41) is 0. The van der Waals surface area contributed by atoms with Crippen molar-refractivity contribution >= 4 is 0 Å². The molecule has 1 heterocycles. The number of rotatable bonds is 7. The van der Waals surface area contributed by atoms with E-state index in [1.807, 2.05) is 18.2 Å². The van der Waals surface area contributed by atoms with Gasteiger partial charge in [-0.2, -0.15) is 0 Å². The van der Waals surface area contributed by atoms with E-state index in [-0.39, 0.29) is 0 Å². The fourth-order valence-corrected chi connectivity index (χ4v) is 2.71. The summed E-state index contributed by atoms with van der Waals surface area (Å²) in [6.07, 6.45) is 0.293. The van der Waals surface area contributed by atoms with Crippen molar-refractivity contribution in [2.45, 2.75) is 25.7 Å². The van der Waals surface area contributed by atoms with Gasteiger partial charge in [-0.1, -0.05) is 60.7 Å². The molecule has 2 aromatic carbocycles. The third-order valence-electron chi connectivity index (χ3n) is 4.20. The Bertz CT molecular complexity index is 552. The first-order chi connectivity index (χ1) is 10.8. The number of hydrogen-bond donors (Lipinski definition) is 0. The van der Waals surface area contributed by atoms with Crippen molar-refractivity contribution in [1.29, 1.82) is 0 Å². The summed E-state index contributed by atoms with van der Waals surface area (Å²) in [5.41, 5.74) is 2.54. The van der Waals surface area contributed by atoms with Crippen molar-refractivity contribution in [2.24, 2.45) is 0 Å². The Morgan fingerprint density at radius 3 is 2.32 bits per heavy atom. The molecule has 1 atom stereocenters. The first-order valence-electron chi connectivity index (χ1n) is 7.85. The monoisotopic (exact) mass is 297 g/mol. The fourth-order valence-electron chi connectivity index (χ4n) is 2.71.